The van der Waals surface area contributed by atoms with Crippen LogP contribution in [-0.2, 0) is 4.79 Å². The lowest BCUT2D eigenvalue weighted by atomic mass is 10.1. The highest BCUT2D eigenvalue weighted by Gasteiger charge is 2.21. The molecule has 150 valence electrons. The van der Waals surface area contributed by atoms with E-state index >= 15 is 0 Å². The molecule has 0 saturated carbocycles. The van der Waals surface area contributed by atoms with Gasteiger partial charge in [0.05, 0.1) is 17.3 Å². The van der Waals surface area contributed by atoms with E-state index in [1.54, 1.807) is 6.07 Å². The largest absolute Gasteiger partial charge is 0.368 e. The summed E-state index contributed by atoms with van der Waals surface area (Å²) >= 11 is 6.29. The van der Waals surface area contributed by atoms with Crippen molar-refractivity contribution >= 4 is 29.1 Å². The molecule has 4 rings (SSSR count). The number of carbonyl (C=O) groups excluding carboxylic acids is 1. The smallest absolute Gasteiger partial charge is 0.240 e. The molecule has 0 atom stereocenters. The highest BCUT2D eigenvalue weighted by atomic mass is 35.5. The Hall–Kier alpha value is -2.83. The lowest BCUT2D eigenvalue weighted by molar-refractivity contribution is -0.117. The van der Waals surface area contributed by atoms with Gasteiger partial charge in [0.25, 0.3) is 0 Å². The van der Waals surface area contributed by atoms with Crippen molar-refractivity contribution in [2.75, 3.05) is 42.9 Å². The highest BCUT2D eigenvalue weighted by molar-refractivity contribution is 6.33. The van der Waals surface area contributed by atoms with Gasteiger partial charge in [0.2, 0.25) is 11.8 Å². The van der Waals surface area contributed by atoms with Gasteiger partial charge in [-0.15, -0.1) is 0 Å². The van der Waals surface area contributed by atoms with Crippen LogP contribution in [0, 0.1) is 6.92 Å². The summed E-state index contributed by atoms with van der Waals surface area (Å²) < 4.78 is 5.27. The number of rotatable bonds is 5. The Morgan fingerprint density at radius 2 is 1.83 bits per heavy atom. The van der Waals surface area contributed by atoms with Crippen LogP contribution in [0.4, 0.5) is 11.6 Å². The minimum absolute atomic E-state index is 0.109. The SMILES string of the molecule is Cc1ccc(-c2cc(NC(=O)CN3CCN(c4ccccc4Cl)CC3)on2)cc1. The molecule has 7 heteroatoms. The fraction of sp³-hybridized carbons (Fsp3) is 0.273. The van der Waals surface area contributed by atoms with E-state index in [0.29, 0.717) is 18.1 Å². The zero-order valence-electron chi connectivity index (χ0n) is 16.3. The number of aromatic nitrogens is 1. The number of benzene rings is 2. The average Bonchev–Trinajstić information content (AvgIpc) is 3.18. The van der Waals surface area contributed by atoms with Crippen molar-refractivity contribution in [2.45, 2.75) is 6.92 Å². The van der Waals surface area contributed by atoms with E-state index in [1.807, 2.05) is 55.5 Å². The Morgan fingerprint density at radius 1 is 1.10 bits per heavy atom. The van der Waals surface area contributed by atoms with E-state index in [4.69, 9.17) is 16.1 Å². The third kappa shape index (κ3) is 4.78. The maximum Gasteiger partial charge on any atom is 0.240 e. The minimum atomic E-state index is -0.109. The monoisotopic (exact) mass is 410 g/mol. The van der Waals surface area contributed by atoms with Gasteiger partial charge in [-0.3, -0.25) is 15.0 Å². The van der Waals surface area contributed by atoms with Crippen LogP contribution in [0.5, 0.6) is 0 Å². The van der Waals surface area contributed by atoms with Gasteiger partial charge in [0, 0.05) is 37.8 Å². The van der Waals surface area contributed by atoms with Gasteiger partial charge >= 0.3 is 0 Å². The number of halogens is 1. The molecule has 1 aromatic heterocycles. The maximum atomic E-state index is 12.4. The molecule has 1 aliphatic heterocycles. The van der Waals surface area contributed by atoms with Crippen LogP contribution in [0.15, 0.2) is 59.1 Å². The Bertz CT molecular complexity index is 978. The van der Waals surface area contributed by atoms with Crippen molar-refractivity contribution in [1.82, 2.24) is 10.1 Å². The van der Waals surface area contributed by atoms with Crippen molar-refractivity contribution in [2.24, 2.45) is 0 Å². The molecule has 1 N–H and O–H groups in total. The van der Waals surface area contributed by atoms with Crippen LogP contribution < -0.4 is 10.2 Å². The fourth-order valence-corrected chi connectivity index (χ4v) is 3.68. The molecule has 6 nitrogen and oxygen atoms in total. The number of carbonyl (C=O) groups is 1. The number of anilines is 2. The Morgan fingerprint density at radius 3 is 2.55 bits per heavy atom. The summed E-state index contributed by atoms with van der Waals surface area (Å²) in [6, 6.07) is 17.6. The molecule has 2 aromatic carbocycles. The summed E-state index contributed by atoms with van der Waals surface area (Å²) in [6.07, 6.45) is 0. The first kappa shape index (κ1) is 19.5. The predicted molar refractivity (Wildman–Crippen MR) is 115 cm³/mol. The van der Waals surface area contributed by atoms with Crippen LogP contribution >= 0.6 is 11.6 Å². The van der Waals surface area contributed by atoms with E-state index in [-0.39, 0.29) is 5.91 Å². The summed E-state index contributed by atoms with van der Waals surface area (Å²) in [5.74, 6) is 0.253. The van der Waals surface area contributed by atoms with E-state index in [1.165, 1.54) is 5.56 Å². The molecule has 2 heterocycles. The summed E-state index contributed by atoms with van der Waals surface area (Å²) in [5.41, 5.74) is 3.88. The third-order valence-corrected chi connectivity index (χ3v) is 5.37. The fourth-order valence-electron chi connectivity index (χ4n) is 3.43. The Balaban J connectivity index is 1.29. The van der Waals surface area contributed by atoms with Crippen LogP contribution in [-0.4, -0.2) is 48.7 Å². The van der Waals surface area contributed by atoms with Crippen LogP contribution in [0.3, 0.4) is 0 Å². The quantitative estimate of drug-likeness (QED) is 0.687. The number of nitrogens with zero attached hydrogens (tertiary/aromatic N) is 3. The second-order valence-corrected chi connectivity index (χ2v) is 7.61. The van der Waals surface area contributed by atoms with Crippen LogP contribution in [0.1, 0.15) is 5.56 Å². The molecule has 0 bridgehead atoms. The maximum absolute atomic E-state index is 12.4. The number of piperazine rings is 1. The first-order valence-electron chi connectivity index (χ1n) is 9.64. The zero-order valence-corrected chi connectivity index (χ0v) is 17.0. The average molecular weight is 411 g/mol. The first-order chi connectivity index (χ1) is 14.1. The normalized spacial score (nSPS) is 14.8. The lowest BCUT2D eigenvalue weighted by Crippen LogP contribution is -2.48. The summed E-state index contributed by atoms with van der Waals surface area (Å²) in [6.45, 7) is 5.60. The number of aryl methyl sites for hydroxylation is 1. The van der Waals surface area contributed by atoms with Crippen molar-refractivity contribution in [3.63, 3.8) is 0 Å². The van der Waals surface area contributed by atoms with Crippen molar-refractivity contribution < 1.29 is 9.32 Å². The van der Waals surface area contributed by atoms with E-state index in [2.05, 4.69) is 20.3 Å². The van der Waals surface area contributed by atoms with Crippen LogP contribution in [0.25, 0.3) is 11.3 Å². The second-order valence-electron chi connectivity index (χ2n) is 7.21. The summed E-state index contributed by atoms with van der Waals surface area (Å²) in [7, 11) is 0. The summed E-state index contributed by atoms with van der Waals surface area (Å²) in [4.78, 5) is 16.8. The highest BCUT2D eigenvalue weighted by Crippen LogP contribution is 2.26. The molecule has 0 unspecified atom stereocenters. The van der Waals surface area contributed by atoms with Gasteiger partial charge in [-0.1, -0.05) is 58.7 Å². The van der Waals surface area contributed by atoms with Crippen molar-refractivity contribution in [3.05, 3.63) is 65.2 Å². The Kier molecular flexibility index (Phi) is 5.83. The number of para-hydroxylation sites is 1. The molecule has 3 aromatic rings. The molecule has 1 fully saturated rings. The molecule has 1 saturated heterocycles. The van der Waals surface area contributed by atoms with E-state index in [9.17, 15) is 4.79 Å². The van der Waals surface area contributed by atoms with Gasteiger partial charge in [0.15, 0.2) is 0 Å². The summed E-state index contributed by atoms with van der Waals surface area (Å²) in [5, 5.41) is 7.60. The molecule has 0 radical (unpaired) electrons. The van der Waals surface area contributed by atoms with Gasteiger partial charge in [0.1, 0.15) is 5.69 Å². The van der Waals surface area contributed by atoms with Gasteiger partial charge < -0.3 is 9.42 Å². The molecule has 1 amide bonds. The van der Waals surface area contributed by atoms with Gasteiger partial charge in [-0.25, -0.2) is 0 Å². The lowest BCUT2D eigenvalue weighted by Gasteiger charge is -2.36. The number of hydrogen-bond acceptors (Lipinski definition) is 5. The van der Waals surface area contributed by atoms with Gasteiger partial charge in [-0.05, 0) is 19.1 Å². The van der Waals surface area contributed by atoms with Gasteiger partial charge in [-0.2, -0.15) is 0 Å². The number of amides is 1. The molecular formula is C22H23ClN4O2. The second kappa shape index (κ2) is 8.68. The minimum Gasteiger partial charge on any atom is -0.368 e. The first-order valence-corrected chi connectivity index (χ1v) is 10.0. The van der Waals surface area contributed by atoms with E-state index in [0.717, 1.165) is 42.5 Å². The number of hydrogen-bond donors (Lipinski definition) is 1. The standard InChI is InChI=1S/C22H23ClN4O2/c1-16-6-8-17(9-7-16)19-14-22(29-25-19)24-21(28)15-26-10-12-27(13-11-26)20-5-3-2-4-18(20)23/h2-9,14H,10-13,15H2,1H3,(H,24,28). The van der Waals surface area contributed by atoms with Crippen LogP contribution in [0.2, 0.25) is 5.02 Å². The third-order valence-electron chi connectivity index (χ3n) is 5.05. The molecule has 29 heavy (non-hydrogen) atoms. The number of nitrogens with one attached hydrogen (secondary N) is 1. The predicted octanol–water partition coefficient (Wildman–Crippen LogP) is 4.06. The van der Waals surface area contributed by atoms with Crippen molar-refractivity contribution in [1.29, 1.82) is 0 Å². The topological polar surface area (TPSA) is 61.6 Å². The molecular weight excluding hydrogens is 388 g/mol. The molecule has 0 aliphatic carbocycles. The van der Waals surface area contributed by atoms with E-state index < -0.39 is 0 Å². The molecule has 1 aliphatic rings. The van der Waals surface area contributed by atoms with Crippen molar-refractivity contribution in [3.8, 4) is 11.3 Å². The molecule has 0 spiro atoms. The zero-order chi connectivity index (χ0) is 20.2. The Labute approximate surface area is 175 Å².